The van der Waals surface area contributed by atoms with Crippen molar-refractivity contribution in [2.75, 3.05) is 6.61 Å². The number of rotatable bonds is 4. The molecule has 0 aliphatic carbocycles. The smallest absolute Gasteiger partial charge is 0.136 e. The molecule has 0 radical (unpaired) electrons. The van der Waals surface area contributed by atoms with Crippen LogP contribution in [0.15, 0.2) is 0 Å². The minimum absolute atomic E-state index is 0.0925. The summed E-state index contributed by atoms with van der Waals surface area (Å²) in [5, 5.41) is 0. The molecular weight excluding hydrogens is 176 g/mol. The Labute approximate surface area is 87.0 Å². The molecule has 2 nitrogen and oxygen atoms in total. The Bertz CT molecular complexity index is 196. The van der Waals surface area contributed by atoms with E-state index in [1.807, 2.05) is 0 Å². The van der Waals surface area contributed by atoms with E-state index in [4.69, 9.17) is 4.74 Å². The summed E-state index contributed by atoms with van der Waals surface area (Å²) in [5.41, 5.74) is -0.0925. The zero-order chi connectivity index (χ0) is 10.6. The predicted molar refractivity (Wildman–Crippen MR) is 57.3 cm³/mol. The normalized spacial score (nSPS) is 26.1. The van der Waals surface area contributed by atoms with Crippen LogP contribution in [0.4, 0.5) is 0 Å². The van der Waals surface area contributed by atoms with E-state index in [0.29, 0.717) is 5.78 Å². The Balaban J connectivity index is 2.40. The van der Waals surface area contributed by atoms with Gasteiger partial charge in [-0.25, -0.2) is 0 Å². The van der Waals surface area contributed by atoms with Gasteiger partial charge in [0.05, 0.1) is 5.60 Å². The average Bonchev–Trinajstić information content (AvgIpc) is 2.12. The van der Waals surface area contributed by atoms with E-state index < -0.39 is 0 Å². The SMILES string of the molecule is CCCCC(=O)[C@H]1CCOC(C)(C)C1. The fourth-order valence-corrected chi connectivity index (χ4v) is 2.06. The first-order chi connectivity index (χ1) is 6.55. The Kier molecular flexibility index (Phi) is 4.11. The van der Waals surface area contributed by atoms with Crippen LogP contribution < -0.4 is 0 Å². The molecule has 1 atom stereocenters. The van der Waals surface area contributed by atoms with Crippen LogP contribution in [0.5, 0.6) is 0 Å². The highest BCUT2D eigenvalue weighted by atomic mass is 16.5. The average molecular weight is 198 g/mol. The summed E-state index contributed by atoms with van der Waals surface area (Å²) >= 11 is 0. The molecule has 1 aliphatic rings. The monoisotopic (exact) mass is 198 g/mol. The van der Waals surface area contributed by atoms with Gasteiger partial charge in [0.25, 0.3) is 0 Å². The molecule has 0 amide bonds. The predicted octanol–water partition coefficient (Wildman–Crippen LogP) is 2.95. The fraction of sp³-hybridized carbons (Fsp3) is 0.917. The van der Waals surface area contributed by atoms with Gasteiger partial charge in [-0.05, 0) is 33.1 Å². The van der Waals surface area contributed by atoms with Crippen molar-refractivity contribution < 1.29 is 9.53 Å². The minimum atomic E-state index is -0.0925. The van der Waals surface area contributed by atoms with Crippen LogP contribution in [-0.4, -0.2) is 18.0 Å². The van der Waals surface area contributed by atoms with Gasteiger partial charge in [-0.15, -0.1) is 0 Å². The Morgan fingerprint density at radius 1 is 1.50 bits per heavy atom. The maximum atomic E-state index is 11.8. The lowest BCUT2D eigenvalue weighted by atomic mass is 9.84. The second-order valence-electron chi connectivity index (χ2n) is 4.87. The van der Waals surface area contributed by atoms with Gasteiger partial charge in [-0.3, -0.25) is 4.79 Å². The highest BCUT2D eigenvalue weighted by Gasteiger charge is 2.32. The molecule has 2 heteroatoms. The van der Waals surface area contributed by atoms with Crippen LogP contribution >= 0.6 is 0 Å². The molecule has 1 rings (SSSR count). The van der Waals surface area contributed by atoms with Gasteiger partial charge in [0.1, 0.15) is 5.78 Å². The molecule has 1 saturated heterocycles. The zero-order valence-corrected chi connectivity index (χ0v) is 9.64. The number of ether oxygens (including phenoxy) is 1. The van der Waals surface area contributed by atoms with E-state index in [1.165, 1.54) is 0 Å². The van der Waals surface area contributed by atoms with E-state index in [2.05, 4.69) is 20.8 Å². The zero-order valence-electron chi connectivity index (χ0n) is 9.64. The number of Topliss-reactive ketones (excluding diaryl/α,β-unsaturated/α-hetero) is 1. The Hall–Kier alpha value is -0.370. The number of carbonyl (C=O) groups is 1. The molecule has 0 N–H and O–H groups in total. The quantitative estimate of drug-likeness (QED) is 0.694. The molecule has 1 heterocycles. The molecule has 0 saturated carbocycles. The third kappa shape index (κ3) is 3.41. The van der Waals surface area contributed by atoms with Crippen molar-refractivity contribution in [3.63, 3.8) is 0 Å². The van der Waals surface area contributed by atoms with Gasteiger partial charge >= 0.3 is 0 Å². The lowest BCUT2D eigenvalue weighted by molar-refractivity contribution is -0.133. The summed E-state index contributed by atoms with van der Waals surface area (Å²) in [4.78, 5) is 11.8. The van der Waals surface area contributed by atoms with E-state index in [-0.39, 0.29) is 11.5 Å². The lowest BCUT2D eigenvalue weighted by Gasteiger charge is -2.34. The van der Waals surface area contributed by atoms with E-state index >= 15 is 0 Å². The van der Waals surface area contributed by atoms with Crippen molar-refractivity contribution in [1.82, 2.24) is 0 Å². The second-order valence-corrected chi connectivity index (χ2v) is 4.87. The van der Waals surface area contributed by atoms with Gasteiger partial charge in [0.15, 0.2) is 0 Å². The molecule has 82 valence electrons. The van der Waals surface area contributed by atoms with Crippen LogP contribution in [0.2, 0.25) is 0 Å². The highest BCUT2D eigenvalue weighted by molar-refractivity contribution is 5.81. The summed E-state index contributed by atoms with van der Waals surface area (Å²) in [6, 6.07) is 0. The second kappa shape index (κ2) is 4.92. The van der Waals surface area contributed by atoms with Crippen molar-refractivity contribution in [2.24, 2.45) is 5.92 Å². The third-order valence-corrected chi connectivity index (χ3v) is 2.93. The number of hydrogen-bond acceptors (Lipinski definition) is 2. The molecular formula is C12H22O2. The van der Waals surface area contributed by atoms with E-state index in [1.54, 1.807) is 0 Å². The Morgan fingerprint density at radius 2 is 2.21 bits per heavy atom. The standard InChI is InChI=1S/C12H22O2/c1-4-5-6-11(13)10-7-8-14-12(2,3)9-10/h10H,4-9H2,1-3H3/t10-/m0/s1. The molecule has 14 heavy (non-hydrogen) atoms. The molecule has 0 aromatic carbocycles. The maximum absolute atomic E-state index is 11.8. The van der Waals surface area contributed by atoms with Crippen LogP contribution in [0, 0.1) is 5.92 Å². The molecule has 0 bridgehead atoms. The van der Waals surface area contributed by atoms with Crippen LogP contribution in [0.3, 0.4) is 0 Å². The first-order valence-electron chi connectivity index (χ1n) is 5.72. The van der Waals surface area contributed by atoms with Crippen LogP contribution in [0.1, 0.15) is 52.9 Å². The first-order valence-corrected chi connectivity index (χ1v) is 5.72. The van der Waals surface area contributed by atoms with Gasteiger partial charge in [-0.1, -0.05) is 13.3 Å². The number of hydrogen-bond donors (Lipinski definition) is 0. The molecule has 0 unspecified atom stereocenters. The number of carbonyl (C=O) groups excluding carboxylic acids is 1. The van der Waals surface area contributed by atoms with E-state index in [9.17, 15) is 4.79 Å². The summed E-state index contributed by atoms with van der Waals surface area (Å²) in [7, 11) is 0. The van der Waals surface area contributed by atoms with Gasteiger partial charge in [-0.2, -0.15) is 0 Å². The largest absolute Gasteiger partial charge is 0.376 e. The first kappa shape index (κ1) is 11.7. The van der Waals surface area contributed by atoms with Gasteiger partial charge < -0.3 is 4.74 Å². The van der Waals surface area contributed by atoms with Crippen molar-refractivity contribution in [2.45, 2.75) is 58.5 Å². The fourth-order valence-electron chi connectivity index (χ4n) is 2.06. The van der Waals surface area contributed by atoms with Crippen LogP contribution in [-0.2, 0) is 9.53 Å². The summed E-state index contributed by atoms with van der Waals surface area (Å²) in [6.45, 7) is 7.02. The van der Waals surface area contributed by atoms with Gasteiger partial charge in [0.2, 0.25) is 0 Å². The Morgan fingerprint density at radius 3 is 2.79 bits per heavy atom. The minimum Gasteiger partial charge on any atom is -0.376 e. The van der Waals surface area contributed by atoms with Crippen molar-refractivity contribution in [3.05, 3.63) is 0 Å². The summed E-state index contributed by atoms with van der Waals surface area (Å²) in [5.74, 6) is 0.702. The number of unbranched alkanes of at least 4 members (excludes halogenated alkanes) is 1. The van der Waals surface area contributed by atoms with E-state index in [0.717, 1.165) is 38.7 Å². The van der Waals surface area contributed by atoms with Crippen molar-refractivity contribution in [1.29, 1.82) is 0 Å². The molecule has 1 aliphatic heterocycles. The summed E-state index contributed by atoms with van der Waals surface area (Å²) < 4.78 is 5.60. The maximum Gasteiger partial charge on any atom is 0.136 e. The number of ketones is 1. The molecule has 0 aromatic heterocycles. The lowest BCUT2D eigenvalue weighted by Crippen LogP contribution is -2.37. The molecule has 0 spiro atoms. The van der Waals surface area contributed by atoms with Gasteiger partial charge in [0, 0.05) is 18.9 Å². The highest BCUT2D eigenvalue weighted by Crippen LogP contribution is 2.29. The topological polar surface area (TPSA) is 26.3 Å². The van der Waals surface area contributed by atoms with Crippen LogP contribution in [0.25, 0.3) is 0 Å². The summed E-state index contributed by atoms with van der Waals surface area (Å²) in [6.07, 6.45) is 4.73. The molecule has 0 aromatic rings. The van der Waals surface area contributed by atoms with Crippen molar-refractivity contribution >= 4 is 5.78 Å². The molecule has 1 fully saturated rings. The third-order valence-electron chi connectivity index (χ3n) is 2.93. The van der Waals surface area contributed by atoms with Crippen molar-refractivity contribution in [3.8, 4) is 0 Å².